The predicted molar refractivity (Wildman–Crippen MR) is 185 cm³/mol. The number of allylic oxidation sites excluding steroid dienone is 5. The van der Waals surface area contributed by atoms with E-state index >= 15 is 0 Å². The third-order valence-corrected chi connectivity index (χ3v) is 5.96. The van der Waals surface area contributed by atoms with Crippen LogP contribution in [0, 0.1) is 5.92 Å². The van der Waals surface area contributed by atoms with Crippen molar-refractivity contribution in [3.8, 4) is 5.88 Å². The van der Waals surface area contributed by atoms with E-state index in [2.05, 4.69) is 58.2 Å². The number of hydrogen-bond acceptors (Lipinski definition) is 9. The molecule has 0 saturated heterocycles. The van der Waals surface area contributed by atoms with Gasteiger partial charge < -0.3 is 25.0 Å². The maximum absolute atomic E-state index is 10.9. The molecule has 0 atom stereocenters. The number of esters is 1. The Labute approximate surface area is 269 Å². The fourth-order valence-electron chi connectivity index (χ4n) is 4.07. The van der Waals surface area contributed by atoms with Gasteiger partial charge in [-0.2, -0.15) is 4.98 Å². The second kappa shape index (κ2) is 27.2. The summed E-state index contributed by atoms with van der Waals surface area (Å²) in [5.74, 6) is 2.05. The summed E-state index contributed by atoms with van der Waals surface area (Å²) in [6.45, 7) is 22.2. The number of methoxy groups -OCH3 is 2. The Hall–Kier alpha value is -3.33. The lowest BCUT2D eigenvalue weighted by molar-refractivity contribution is -0.146. The van der Waals surface area contributed by atoms with Gasteiger partial charge in [-0.3, -0.25) is 9.78 Å². The summed E-state index contributed by atoms with van der Waals surface area (Å²) in [5.41, 5.74) is 10.1. The summed E-state index contributed by atoms with van der Waals surface area (Å²) < 4.78 is 15.7. The molecule has 1 saturated carbocycles. The van der Waals surface area contributed by atoms with E-state index in [-0.39, 0.29) is 18.0 Å². The third kappa shape index (κ3) is 19.1. The van der Waals surface area contributed by atoms with Gasteiger partial charge >= 0.3 is 5.97 Å². The largest absolute Gasteiger partial charge is 0.497 e. The molecule has 0 unspecified atom stereocenters. The minimum absolute atomic E-state index is 0.0142. The molecule has 1 aliphatic carbocycles. The molecule has 0 bridgehead atoms. The van der Waals surface area contributed by atoms with Gasteiger partial charge in [-0.25, -0.2) is 5.43 Å². The summed E-state index contributed by atoms with van der Waals surface area (Å²) in [7, 11) is 4.94. The fourth-order valence-corrected chi connectivity index (χ4v) is 4.07. The van der Waals surface area contributed by atoms with Gasteiger partial charge in [0.1, 0.15) is 5.76 Å². The van der Waals surface area contributed by atoms with Crippen LogP contribution in [0.25, 0.3) is 0 Å². The second-order valence-corrected chi connectivity index (χ2v) is 10.4. The van der Waals surface area contributed by atoms with Crippen molar-refractivity contribution in [3.63, 3.8) is 0 Å². The number of hydrogen-bond donors (Lipinski definition) is 3. The van der Waals surface area contributed by atoms with Crippen LogP contribution in [-0.2, 0) is 14.3 Å². The van der Waals surface area contributed by atoms with Crippen LogP contribution in [-0.4, -0.2) is 43.3 Å². The van der Waals surface area contributed by atoms with Crippen LogP contribution in [0.4, 0.5) is 5.82 Å². The number of anilines is 1. The van der Waals surface area contributed by atoms with E-state index in [0.717, 1.165) is 54.0 Å². The molecule has 0 radical (unpaired) electrons. The molecule has 44 heavy (non-hydrogen) atoms. The third-order valence-electron chi connectivity index (χ3n) is 5.96. The van der Waals surface area contributed by atoms with E-state index in [1.54, 1.807) is 19.5 Å². The van der Waals surface area contributed by atoms with Crippen molar-refractivity contribution in [1.82, 2.24) is 20.8 Å². The minimum Gasteiger partial charge on any atom is -0.497 e. The van der Waals surface area contributed by atoms with Crippen molar-refractivity contribution in [1.29, 1.82) is 0 Å². The molecule has 1 aromatic heterocycles. The first-order valence-corrected chi connectivity index (χ1v) is 16.2. The van der Waals surface area contributed by atoms with Crippen molar-refractivity contribution >= 4 is 11.8 Å². The molecule has 1 aliphatic rings. The Morgan fingerprint density at radius 1 is 1.05 bits per heavy atom. The number of carbonyl (C=O) groups is 1. The van der Waals surface area contributed by atoms with E-state index in [1.165, 1.54) is 32.8 Å². The van der Waals surface area contributed by atoms with Crippen LogP contribution in [0.1, 0.15) is 114 Å². The van der Waals surface area contributed by atoms with Crippen LogP contribution in [0.15, 0.2) is 59.4 Å². The average molecular weight is 618 g/mol. The van der Waals surface area contributed by atoms with Crippen LogP contribution < -0.4 is 20.9 Å². The summed E-state index contributed by atoms with van der Waals surface area (Å²) in [6, 6.07) is 0. The summed E-state index contributed by atoms with van der Waals surface area (Å²) in [6.07, 6.45) is 16.0. The molecule has 0 amide bonds. The number of rotatable bonds is 13. The van der Waals surface area contributed by atoms with E-state index < -0.39 is 0 Å². The highest BCUT2D eigenvalue weighted by molar-refractivity contribution is 5.72. The standard InChI is InChI=1S/C22H35N5O2.C8H14O2.C3H8.C2H6/c1-9-10-18(25-20-13-24-14-21(26-20)29-16(4)5)22(27-23-7)17(6)11-12-19(28-8)15(2)3;1-10-8(9)7-5-3-2-4-6-7;1-3-2;1-2/h11-14,16,23,27H,2,9-10H2,1,3-8H3,(H,25,26);7H,2-6H2,1H3;3H2,1-2H3;1-2H3/b17-11+,19-12+,22-18+;;;. The molecule has 0 spiro atoms. The number of aromatic nitrogens is 2. The van der Waals surface area contributed by atoms with Gasteiger partial charge in [-0.05, 0) is 64.2 Å². The van der Waals surface area contributed by atoms with Gasteiger partial charge in [-0.15, -0.1) is 0 Å². The first-order valence-electron chi connectivity index (χ1n) is 16.2. The highest BCUT2D eigenvalue weighted by Crippen LogP contribution is 2.24. The van der Waals surface area contributed by atoms with Gasteiger partial charge in [0.05, 0.1) is 44.3 Å². The van der Waals surface area contributed by atoms with Gasteiger partial charge in [0.2, 0.25) is 5.88 Å². The molecule has 9 heteroatoms. The van der Waals surface area contributed by atoms with E-state index in [4.69, 9.17) is 9.47 Å². The van der Waals surface area contributed by atoms with Crippen molar-refractivity contribution in [2.75, 3.05) is 26.6 Å². The SMILES string of the molecule is C=C(C)\C(=C/C=C(C)/C(NNC)=C(/CCC)Nc1cncc(OC(C)C)n1)OC.CC.CCC.COC(=O)C1CCCCC1. The van der Waals surface area contributed by atoms with Gasteiger partial charge in [-0.1, -0.05) is 79.4 Å². The zero-order valence-electron chi connectivity index (χ0n) is 29.9. The van der Waals surface area contributed by atoms with Crippen LogP contribution in [0.5, 0.6) is 5.88 Å². The molecule has 0 aliphatic heterocycles. The molecule has 252 valence electrons. The van der Waals surface area contributed by atoms with Crippen molar-refractivity contribution in [3.05, 3.63) is 59.4 Å². The Balaban J connectivity index is 0. The Kier molecular flexibility index (Phi) is 26.5. The van der Waals surface area contributed by atoms with Crippen LogP contribution >= 0.6 is 0 Å². The maximum Gasteiger partial charge on any atom is 0.308 e. The zero-order valence-corrected chi connectivity index (χ0v) is 29.9. The average Bonchev–Trinajstić information content (AvgIpc) is 3.01. The van der Waals surface area contributed by atoms with Crippen molar-refractivity contribution in [2.45, 2.75) is 120 Å². The highest BCUT2D eigenvalue weighted by atomic mass is 16.5. The monoisotopic (exact) mass is 617 g/mol. The quantitative estimate of drug-likeness (QED) is 0.0867. The first kappa shape index (κ1) is 42.8. The lowest BCUT2D eigenvalue weighted by Crippen LogP contribution is -2.30. The van der Waals surface area contributed by atoms with E-state index in [0.29, 0.717) is 11.7 Å². The van der Waals surface area contributed by atoms with Gasteiger partial charge in [0.15, 0.2) is 5.82 Å². The zero-order chi connectivity index (χ0) is 33.9. The lowest BCUT2D eigenvalue weighted by Gasteiger charge is -2.19. The van der Waals surface area contributed by atoms with Crippen LogP contribution in [0.2, 0.25) is 0 Å². The van der Waals surface area contributed by atoms with Gasteiger partial charge in [0, 0.05) is 12.7 Å². The molecule has 1 fully saturated rings. The second-order valence-electron chi connectivity index (χ2n) is 10.4. The lowest BCUT2D eigenvalue weighted by atomic mass is 9.89. The van der Waals surface area contributed by atoms with Gasteiger partial charge in [0.25, 0.3) is 0 Å². The molecule has 9 nitrogen and oxygen atoms in total. The number of hydrazine groups is 1. The molecule has 2 rings (SSSR count). The van der Waals surface area contributed by atoms with Crippen molar-refractivity contribution in [2.24, 2.45) is 5.92 Å². The Morgan fingerprint density at radius 2 is 1.66 bits per heavy atom. The van der Waals surface area contributed by atoms with Crippen LogP contribution in [0.3, 0.4) is 0 Å². The maximum atomic E-state index is 10.9. The normalized spacial score (nSPS) is 13.8. The number of carbonyl (C=O) groups excluding carboxylic acids is 1. The smallest absolute Gasteiger partial charge is 0.308 e. The predicted octanol–water partition coefficient (Wildman–Crippen LogP) is 8.65. The van der Waals surface area contributed by atoms with E-state index in [1.807, 2.05) is 60.7 Å². The molecule has 1 heterocycles. The summed E-state index contributed by atoms with van der Waals surface area (Å²) in [5, 5.41) is 3.40. The summed E-state index contributed by atoms with van der Waals surface area (Å²) in [4.78, 5) is 19.7. The topological polar surface area (TPSA) is 107 Å². The minimum atomic E-state index is -0.0142. The fraction of sp³-hybridized carbons (Fsp3) is 0.629. The Bertz CT molecular complexity index is 1010. The summed E-state index contributed by atoms with van der Waals surface area (Å²) >= 11 is 0. The molecule has 0 aromatic carbocycles. The molecular formula is C35H63N5O4. The molecule has 3 N–H and O–H groups in total. The highest BCUT2D eigenvalue weighted by Gasteiger charge is 2.21. The number of nitrogens with zero attached hydrogens (tertiary/aromatic N) is 2. The Morgan fingerprint density at radius 3 is 2.14 bits per heavy atom. The number of nitrogens with one attached hydrogen (secondary N) is 3. The van der Waals surface area contributed by atoms with Crippen molar-refractivity contribution < 1.29 is 19.0 Å². The molecule has 1 aromatic rings. The molecular weight excluding hydrogens is 554 g/mol. The number of ether oxygens (including phenoxy) is 3. The van der Waals surface area contributed by atoms with E-state index in [9.17, 15) is 4.79 Å². The first-order chi connectivity index (χ1) is 21.1.